The van der Waals surface area contributed by atoms with Gasteiger partial charge in [0.25, 0.3) is 0 Å². The van der Waals surface area contributed by atoms with Crippen molar-refractivity contribution in [1.29, 1.82) is 0 Å². The Morgan fingerprint density at radius 3 is 2.48 bits per heavy atom. The highest BCUT2D eigenvalue weighted by Gasteiger charge is 2.29. The summed E-state index contributed by atoms with van der Waals surface area (Å²) in [5.74, 6) is -0.270. The quantitative estimate of drug-likeness (QED) is 0.735. The Kier molecular flexibility index (Phi) is 6.69. The number of benzene rings is 1. The normalized spacial score (nSPS) is 13.7. The average molecular weight is 291 g/mol. The number of anilines is 1. The Bertz CT molecular complexity index is 444. The first-order chi connectivity index (χ1) is 9.89. The summed E-state index contributed by atoms with van der Waals surface area (Å²) in [5.41, 5.74) is 7.39. The molecule has 0 aliphatic carbocycles. The minimum Gasteiger partial charge on any atom is -0.375 e. The molecule has 1 rings (SSSR count). The number of rotatable bonds is 9. The summed E-state index contributed by atoms with van der Waals surface area (Å²) in [6.45, 7) is 7.78. The molecule has 4 heteroatoms. The highest BCUT2D eigenvalue weighted by molar-refractivity contribution is 5.84. The molecular weight excluding hydrogens is 262 g/mol. The molecule has 0 aliphatic rings. The van der Waals surface area contributed by atoms with Gasteiger partial charge in [-0.05, 0) is 51.8 Å². The van der Waals surface area contributed by atoms with Crippen LogP contribution in [-0.2, 0) is 4.79 Å². The van der Waals surface area contributed by atoms with Crippen molar-refractivity contribution in [3.8, 4) is 0 Å². The van der Waals surface area contributed by atoms with Gasteiger partial charge in [-0.3, -0.25) is 4.79 Å². The largest absolute Gasteiger partial charge is 0.375 e. The highest BCUT2D eigenvalue weighted by Crippen LogP contribution is 2.17. The van der Waals surface area contributed by atoms with Crippen molar-refractivity contribution in [2.45, 2.75) is 45.6 Å². The van der Waals surface area contributed by atoms with E-state index < -0.39 is 5.54 Å². The van der Waals surface area contributed by atoms with E-state index in [1.807, 2.05) is 6.92 Å². The number of carbonyl (C=O) groups excluding carboxylic acids is 1. The molecule has 1 aromatic carbocycles. The van der Waals surface area contributed by atoms with Crippen LogP contribution in [0.4, 0.5) is 5.69 Å². The Balaban J connectivity index is 2.50. The number of amides is 1. The van der Waals surface area contributed by atoms with Crippen molar-refractivity contribution in [1.82, 2.24) is 5.32 Å². The molecule has 0 fully saturated rings. The van der Waals surface area contributed by atoms with Gasteiger partial charge in [0.1, 0.15) is 0 Å². The molecule has 0 saturated heterocycles. The molecule has 1 unspecified atom stereocenters. The molecule has 1 aromatic rings. The standard InChI is InChI=1S/C17H29N3O/c1-5-12-19-17(3,16(18)21)11-6-13-20(4)15-9-7-14(2)8-10-15/h7-10,19H,5-6,11-13H2,1-4H3,(H2,18,21). The molecule has 3 N–H and O–H groups in total. The van der Waals surface area contributed by atoms with Gasteiger partial charge in [0.2, 0.25) is 5.91 Å². The summed E-state index contributed by atoms with van der Waals surface area (Å²) in [4.78, 5) is 13.9. The smallest absolute Gasteiger partial charge is 0.237 e. The van der Waals surface area contributed by atoms with E-state index in [0.29, 0.717) is 0 Å². The van der Waals surface area contributed by atoms with E-state index in [2.05, 4.69) is 55.4 Å². The zero-order valence-corrected chi connectivity index (χ0v) is 13.8. The molecule has 0 heterocycles. The Morgan fingerprint density at radius 1 is 1.33 bits per heavy atom. The monoisotopic (exact) mass is 291 g/mol. The molecule has 0 saturated carbocycles. The number of aryl methyl sites for hydroxylation is 1. The molecule has 4 nitrogen and oxygen atoms in total. The number of carbonyl (C=O) groups is 1. The lowest BCUT2D eigenvalue weighted by Crippen LogP contribution is -2.53. The minimum absolute atomic E-state index is 0.270. The van der Waals surface area contributed by atoms with Gasteiger partial charge >= 0.3 is 0 Å². The van der Waals surface area contributed by atoms with Crippen LogP contribution < -0.4 is 16.0 Å². The van der Waals surface area contributed by atoms with E-state index in [1.165, 1.54) is 11.3 Å². The van der Waals surface area contributed by atoms with Gasteiger partial charge in [-0.15, -0.1) is 0 Å². The second-order valence-corrected chi connectivity index (χ2v) is 5.98. The van der Waals surface area contributed by atoms with Crippen LogP contribution in [0.25, 0.3) is 0 Å². The third kappa shape index (κ3) is 5.38. The molecular formula is C17H29N3O. The number of nitrogens with two attached hydrogens (primary N) is 1. The SMILES string of the molecule is CCCNC(C)(CCCN(C)c1ccc(C)cc1)C(N)=O. The van der Waals surface area contributed by atoms with E-state index >= 15 is 0 Å². The van der Waals surface area contributed by atoms with Crippen LogP contribution in [0.1, 0.15) is 38.7 Å². The summed E-state index contributed by atoms with van der Waals surface area (Å²) in [7, 11) is 2.08. The van der Waals surface area contributed by atoms with Crippen molar-refractivity contribution in [2.75, 3.05) is 25.0 Å². The van der Waals surface area contributed by atoms with Crippen LogP contribution in [-0.4, -0.2) is 31.6 Å². The van der Waals surface area contributed by atoms with Gasteiger partial charge in [0, 0.05) is 19.3 Å². The minimum atomic E-state index is -0.607. The Labute approximate surface area is 128 Å². The molecule has 0 aliphatic heterocycles. The number of hydrogen-bond donors (Lipinski definition) is 2. The molecule has 0 radical (unpaired) electrons. The average Bonchev–Trinajstić information content (AvgIpc) is 2.45. The molecule has 118 valence electrons. The topological polar surface area (TPSA) is 58.4 Å². The van der Waals surface area contributed by atoms with E-state index in [1.54, 1.807) is 0 Å². The maximum absolute atomic E-state index is 11.7. The van der Waals surface area contributed by atoms with E-state index in [9.17, 15) is 4.79 Å². The van der Waals surface area contributed by atoms with Crippen molar-refractivity contribution in [3.63, 3.8) is 0 Å². The first-order valence-corrected chi connectivity index (χ1v) is 7.72. The van der Waals surface area contributed by atoms with Crippen LogP contribution >= 0.6 is 0 Å². The van der Waals surface area contributed by atoms with Crippen molar-refractivity contribution in [2.24, 2.45) is 5.73 Å². The van der Waals surface area contributed by atoms with Crippen molar-refractivity contribution in [3.05, 3.63) is 29.8 Å². The number of hydrogen-bond acceptors (Lipinski definition) is 3. The van der Waals surface area contributed by atoms with Crippen molar-refractivity contribution >= 4 is 11.6 Å². The van der Waals surface area contributed by atoms with Gasteiger partial charge in [-0.25, -0.2) is 0 Å². The van der Waals surface area contributed by atoms with Crippen LogP contribution in [0.5, 0.6) is 0 Å². The molecule has 0 bridgehead atoms. The maximum atomic E-state index is 11.7. The van der Waals surface area contributed by atoms with E-state index in [-0.39, 0.29) is 5.91 Å². The first kappa shape index (κ1) is 17.5. The van der Waals surface area contributed by atoms with Gasteiger partial charge in [-0.2, -0.15) is 0 Å². The lowest BCUT2D eigenvalue weighted by Gasteiger charge is -2.29. The van der Waals surface area contributed by atoms with Gasteiger partial charge in [0.05, 0.1) is 5.54 Å². The lowest BCUT2D eigenvalue weighted by molar-refractivity contribution is -0.124. The Morgan fingerprint density at radius 2 is 1.95 bits per heavy atom. The zero-order chi connectivity index (χ0) is 15.9. The van der Waals surface area contributed by atoms with Crippen LogP contribution in [0.2, 0.25) is 0 Å². The summed E-state index contributed by atoms with van der Waals surface area (Å²) in [6, 6.07) is 8.47. The second-order valence-electron chi connectivity index (χ2n) is 5.98. The Hall–Kier alpha value is -1.55. The molecule has 1 amide bonds. The van der Waals surface area contributed by atoms with E-state index in [4.69, 9.17) is 5.73 Å². The molecule has 0 spiro atoms. The fourth-order valence-corrected chi connectivity index (χ4v) is 2.30. The summed E-state index contributed by atoms with van der Waals surface area (Å²) >= 11 is 0. The molecule has 21 heavy (non-hydrogen) atoms. The van der Waals surface area contributed by atoms with Crippen LogP contribution in [0, 0.1) is 6.92 Å². The summed E-state index contributed by atoms with van der Waals surface area (Å²) in [5, 5.41) is 3.27. The summed E-state index contributed by atoms with van der Waals surface area (Å²) < 4.78 is 0. The zero-order valence-electron chi connectivity index (χ0n) is 13.8. The van der Waals surface area contributed by atoms with Gasteiger partial charge in [-0.1, -0.05) is 24.6 Å². The summed E-state index contributed by atoms with van der Waals surface area (Å²) in [6.07, 6.45) is 2.66. The lowest BCUT2D eigenvalue weighted by atomic mass is 9.94. The second kappa shape index (κ2) is 8.03. The third-order valence-corrected chi connectivity index (χ3v) is 3.95. The molecule has 0 aromatic heterocycles. The maximum Gasteiger partial charge on any atom is 0.237 e. The fourth-order valence-electron chi connectivity index (χ4n) is 2.30. The fraction of sp³-hybridized carbons (Fsp3) is 0.588. The number of nitrogens with one attached hydrogen (secondary N) is 1. The van der Waals surface area contributed by atoms with Gasteiger partial charge in [0.15, 0.2) is 0 Å². The van der Waals surface area contributed by atoms with Gasteiger partial charge < -0.3 is 16.0 Å². The predicted molar refractivity (Wildman–Crippen MR) is 89.6 cm³/mol. The number of primary amides is 1. The van der Waals surface area contributed by atoms with E-state index in [0.717, 1.165) is 32.4 Å². The molecule has 1 atom stereocenters. The van der Waals surface area contributed by atoms with Crippen LogP contribution in [0.3, 0.4) is 0 Å². The van der Waals surface area contributed by atoms with Crippen LogP contribution in [0.15, 0.2) is 24.3 Å². The van der Waals surface area contributed by atoms with Crippen molar-refractivity contribution < 1.29 is 4.79 Å². The first-order valence-electron chi connectivity index (χ1n) is 7.72. The predicted octanol–water partition coefficient (Wildman–Crippen LogP) is 2.46. The number of nitrogens with zero attached hydrogens (tertiary/aromatic N) is 1. The third-order valence-electron chi connectivity index (χ3n) is 3.95. The highest BCUT2D eigenvalue weighted by atomic mass is 16.1.